The largest absolute Gasteiger partial charge is 0.445 e. The van der Waals surface area contributed by atoms with Crippen molar-refractivity contribution in [2.75, 3.05) is 12.3 Å². The minimum atomic E-state index is -0.521. The van der Waals surface area contributed by atoms with Gasteiger partial charge in [-0.05, 0) is 37.0 Å². The number of alkyl carbamates (subject to hydrolysis) is 1. The molecule has 0 unspecified atom stereocenters. The van der Waals surface area contributed by atoms with Crippen molar-refractivity contribution in [1.82, 2.24) is 10.2 Å². The van der Waals surface area contributed by atoms with Gasteiger partial charge in [0.15, 0.2) is 0 Å². The van der Waals surface area contributed by atoms with Crippen molar-refractivity contribution in [3.05, 3.63) is 35.9 Å². The van der Waals surface area contributed by atoms with Crippen LogP contribution in [0.15, 0.2) is 30.3 Å². The number of amides is 2. The van der Waals surface area contributed by atoms with Crippen LogP contribution < -0.4 is 5.32 Å². The normalized spacial score (nSPS) is 24.5. The second kappa shape index (κ2) is 7.73. The van der Waals surface area contributed by atoms with Crippen LogP contribution in [-0.4, -0.2) is 40.6 Å². The van der Waals surface area contributed by atoms with Crippen LogP contribution in [0.1, 0.15) is 31.2 Å². The molecule has 3 rings (SSSR count). The number of nitrogens with one attached hydrogen (secondary N) is 1. The van der Waals surface area contributed by atoms with Crippen molar-refractivity contribution < 1.29 is 14.3 Å². The van der Waals surface area contributed by atoms with Gasteiger partial charge in [-0.2, -0.15) is 0 Å². The topological polar surface area (TPSA) is 58.6 Å². The molecule has 1 N–H and O–H groups in total. The number of carbonyl (C=O) groups is 2. The molecule has 2 atom stereocenters. The molecule has 0 spiro atoms. The monoisotopic (exact) mass is 334 g/mol. The quantitative estimate of drug-likeness (QED) is 0.923. The summed E-state index contributed by atoms with van der Waals surface area (Å²) in [5.41, 5.74) is 0.932. The molecular weight excluding hydrogens is 312 g/mol. The highest BCUT2D eigenvalue weighted by Crippen LogP contribution is 2.30. The number of carbonyl (C=O) groups excluding carboxylic acids is 2. The highest BCUT2D eigenvalue weighted by molar-refractivity contribution is 7.99. The lowest BCUT2D eigenvalue weighted by molar-refractivity contribution is -0.134. The van der Waals surface area contributed by atoms with Gasteiger partial charge in [-0.3, -0.25) is 4.79 Å². The van der Waals surface area contributed by atoms with Crippen molar-refractivity contribution in [1.29, 1.82) is 0 Å². The highest BCUT2D eigenvalue weighted by Gasteiger charge is 2.35. The minimum Gasteiger partial charge on any atom is -0.445 e. The Balaban J connectivity index is 1.53. The molecule has 0 aromatic heterocycles. The van der Waals surface area contributed by atoms with Gasteiger partial charge in [0, 0.05) is 6.54 Å². The van der Waals surface area contributed by atoms with Gasteiger partial charge in [0.05, 0.1) is 5.37 Å². The fourth-order valence-corrected chi connectivity index (χ4v) is 4.38. The molecule has 0 radical (unpaired) electrons. The van der Waals surface area contributed by atoms with E-state index in [2.05, 4.69) is 5.32 Å². The van der Waals surface area contributed by atoms with Crippen LogP contribution in [0.2, 0.25) is 0 Å². The first-order valence-corrected chi connectivity index (χ1v) is 9.18. The zero-order valence-electron chi connectivity index (χ0n) is 13.1. The number of nitrogens with zero attached hydrogens (tertiary/aromatic N) is 1. The maximum Gasteiger partial charge on any atom is 0.408 e. The van der Waals surface area contributed by atoms with Crippen molar-refractivity contribution in [2.45, 2.75) is 43.7 Å². The first-order chi connectivity index (χ1) is 11.2. The zero-order chi connectivity index (χ0) is 16.1. The summed E-state index contributed by atoms with van der Waals surface area (Å²) in [6, 6.07) is 9.06. The van der Waals surface area contributed by atoms with E-state index in [0.717, 1.165) is 30.7 Å². The molecular formula is C17H22N2O3S. The second-order valence-electron chi connectivity index (χ2n) is 5.90. The summed E-state index contributed by atoms with van der Waals surface area (Å²) in [5.74, 6) is 0.924. The summed E-state index contributed by atoms with van der Waals surface area (Å²) in [5, 5.41) is 3.03. The van der Waals surface area contributed by atoms with E-state index in [1.807, 2.05) is 47.0 Å². The maximum atomic E-state index is 12.6. The Morgan fingerprint density at radius 1 is 1.26 bits per heavy atom. The third-order valence-electron chi connectivity index (χ3n) is 4.25. The third-order valence-corrected chi connectivity index (χ3v) is 5.60. The second-order valence-corrected chi connectivity index (χ2v) is 7.19. The van der Waals surface area contributed by atoms with Crippen LogP contribution in [-0.2, 0) is 16.1 Å². The predicted molar refractivity (Wildman–Crippen MR) is 90.0 cm³/mol. The molecule has 23 heavy (non-hydrogen) atoms. The van der Waals surface area contributed by atoms with E-state index in [1.165, 1.54) is 6.42 Å². The molecule has 2 saturated heterocycles. The first-order valence-electron chi connectivity index (χ1n) is 8.13. The van der Waals surface area contributed by atoms with Crippen LogP contribution in [0, 0.1) is 0 Å². The number of benzene rings is 1. The number of fused-ring (bicyclic) bond motifs is 1. The molecule has 2 heterocycles. The Kier molecular flexibility index (Phi) is 5.43. The lowest BCUT2D eigenvalue weighted by Crippen LogP contribution is -2.51. The number of rotatable bonds is 3. The molecule has 1 aromatic carbocycles. The summed E-state index contributed by atoms with van der Waals surface area (Å²) in [7, 11) is 0. The molecule has 5 nitrogen and oxygen atoms in total. The molecule has 6 heteroatoms. The molecule has 2 amide bonds. The van der Waals surface area contributed by atoms with Crippen LogP contribution in [0.25, 0.3) is 0 Å². The molecule has 124 valence electrons. The van der Waals surface area contributed by atoms with Gasteiger partial charge in [-0.15, -0.1) is 11.8 Å². The zero-order valence-corrected chi connectivity index (χ0v) is 13.9. The molecule has 2 fully saturated rings. The predicted octanol–water partition coefficient (Wildman–Crippen LogP) is 2.76. The van der Waals surface area contributed by atoms with Gasteiger partial charge in [0.1, 0.15) is 12.6 Å². The van der Waals surface area contributed by atoms with Crippen molar-refractivity contribution in [3.8, 4) is 0 Å². The Labute approximate surface area is 140 Å². The Hall–Kier alpha value is -1.69. The van der Waals surface area contributed by atoms with Crippen LogP contribution in [0.3, 0.4) is 0 Å². The number of hydrogen-bond acceptors (Lipinski definition) is 4. The molecule has 2 aliphatic heterocycles. The standard InChI is InChI=1S/C17H22N2O3S/c20-16-14(9-11-23-15-8-4-5-10-19(15)16)18-17(21)22-12-13-6-2-1-3-7-13/h1-3,6-7,14-15H,4-5,8-12H2,(H,18,21)/t14-,15-/m0/s1. The van der Waals surface area contributed by atoms with Gasteiger partial charge >= 0.3 is 6.09 Å². The molecule has 0 saturated carbocycles. The fourth-order valence-electron chi connectivity index (χ4n) is 3.01. The van der Waals surface area contributed by atoms with E-state index >= 15 is 0 Å². The van der Waals surface area contributed by atoms with Crippen LogP contribution >= 0.6 is 11.8 Å². The third kappa shape index (κ3) is 4.19. The van der Waals surface area contributed by atoms with Gasteiger partial charge in [-0.25, -0.2) is 4.79 Å². The molecule has 0 bridgehead atoms. The average molecular weight is 334 g/mol. The lowest BCUT2D eigenvalue weighted by Gasteiger charge is -2.34. The smallest absolute Gasteiger partial charge is 0.408 e. The number of piperidine rings is 1. The highest BCUT2D eigenvalue weighted by atomic mass is 32.2. The maximum absolute atomic E-state index is 12.6. The Bertz CT molecular complexity index is 552. The van der Waals surface area contributed by atoms with Crippen molar-refractivity contribution >= 4 is 23.8 Å². The van der Waals surface area contributed by atoms with E-state index in [1.54, 1.807) is 0 Å². The number of ether oxygens (including phenoxy) is 1. The van der Waals surface area contributed by atoms with Crippen LogP contribution in [0.4, 0.5) is 4.79 Å². The molecule has 0 aliphatic carbocycles. The lowest BCUT2D eigenvalue weighted by atomic mass is 10.1. The van der Waals surface area contributed by atoms with E-state index in [-0.39, 0.29) is 17.9 Å². The number of thioether (sulfide) groups is 1. The van der Waals surface area contributed by atoms with Gasteiger partial charge < -0.3 is 15.0 Å². The average Bonchev–Trinajstić information content (AvgIpc) is 2.74. The summed E-state index contributed by atoms with van der Waals surface area (Å²) < 4.78 is 5.23. The summed E-state index contributed by atoms with van der Waals surface area (Å²) in [4.78, 5) is 26.6. The van der Waals surface area contributed by atoms with E-state index in [4.69, 9.17) is 4.74 Å². The van der Waals surface area contributed by atoms with E-state index < -0.39 is 12.1 Å². The van der Waals surface area contributed by atoms with Gasteiger partial charge in [0.25, 0.3) is 0 Å². The van der Waals surface area contributed by atoms with E-state index in [9.17, 15) is 9.59 Å². The first kappa shape index (κ1) is 16.2. The van der Waals surface area contributed by atoms with Crippen LogP contribution in [0.5, 0.6) is 0 Å². The van der Waals surface area contributed by atoms with E-state index in [0.29, 0.717) is 6.42 Å². The molecule has 2 aliphatic rings. The van der Waals surface area contributed by atoms with Gasteiger partial charge in [-0.1, -0.05) is 30.3 Å². The van der Waals surface area contributed by atoms with Crippen molar-refractivity contribution in [2.24, 2.45) is 0 Å². The Morgan fingerprint density at radius 3 is 2.91 bits per heavy atom. The summed E-state index contributed by atoms with van der Waals surface area (Å²) in [6.07, 6.45) is 3.43. The Morgan fingerprint density at radius 2 is 2.09 bits per heavy atom. The van der Waals surface area contributed by atoms with Gasteiger partial charge in [0.2, 0.25) is 5.91 Å². The summed E-state index contributed by atoms with van der Waals surface area (Å²) >= 11 is 1.83. The number of hydrogen-bond donors (Lipinski definition) is 1. The summed E-state index contributed by atoms with van der Waals surface area (Å²) in [6.45, 7) is 1.02. The SMILES string of the molecule is O=C(N[C@H]1CCS[C@H]2CCCCN2C1=O)OCc1ccccc1. The molecule has 1 aromatic rings. The fraction of sp³-hybridized carbons (Fsp3) is 0.529. The minimum absolute atomic E-state index is 0.0383. The van der Waals surface area contributed by atoms with Crippen molar-refractivity contribution in [3.63, 3.8) is 0 Å².